The standard InChI is InChI=1S/C15H15NO2.ClH/c1-18-13-10-6-5-9-12(13)14(15(16)17)11-7-3-2-4-8-11;/h2-10,14H,1H3,(H2,16,17);1H. The third-order valence-electron chi connectivity index (χ3n) is 2.87. The van der Waals surface area contributed by atoms with Gasteiger partial charge in [-0.1, -0.05) is 48.5 Å². The molecule has 1 unspecified atom stereocenters. The summed E-state index contributed by atoms with van der Waals surface area (Å²) in [5.41, 5.74) is 7.19. The predicted molar refractivity (Wildman–Crippen MR) is 77.7 cm³/mol. The summed E-state index contributed by atoms with van der Waals surface area (Å²) < 4.78 is 5.29. The van der Waals surface area contributed by atoms with Gasteiger partial charge in [0.2, 0.25) is 5.91 Å². The second-order valence-corrected chi connectivity index (χ2v) is 3.99. The van der Waals surface area contributed by atoms with E-state index in [4.69, 9.17) is 10.5 Å². The zero-order chi connectivity index (χ0) is 13.0. The van der Waals surface area contributed by atoms with Crippen LogP contribution in [0, 0.1) is 0 Å². The number of methoxy groups -OCH3 is 1. The van der Waals surface area contributed by atoms with E-state index in [1.807, 2.05) is 54.6 Å². The zero-order valence-electron chi connectivity index (χ0n) is 10.6. The first kappa shape index (κ1) is 15.1. The Balaban J connectivity index is 0.00000180. The molecule has 1 atom stereocenters. The lowest BCUT2D eigenvalue weighted by Gasteiger charge is -2.17. The SMILES string of the molecule is COc1ccccc1C(C(N)=O)c1ccccc1.Cl. The van der Waals surface area contributed by atoms with Crippen LogP contribution in [-0.4, -0.2) is 13.0 Å². The average molecular weight is 278 g/mol. The van der Waals surface area contributed by atoms with Crippen LogP contribution in [0.25, 0.3) is 0 Å². The fourth-order valence-electron chi connectivity index (χ4n) is 2.05. The molecule has 3 nitrogen and oxygen atoms in total. The Kier molecular flexibility index (Phi) is 5.39. The quantitative estimate of drug-likeness (QED) is 0.934. The van der Waals surface area contributed by atoms with E-state index in [1.54, 1.807) is 7.11 Å². The molecular weight excluding hydrogens is 262 g/mol. The maximum atomic E-state index is 11.7. The Hall–Kier alpha value is -2.00. The molecule has 1 amide bonds. The van der Waals surface area contributed by atoms with Crippen LogP contribution in [-0.2, 0) is 4.79 Å². The predicted octanol–water partition coefficient (Wildman–Crippen LogP) is 2.73. The largest absolute Gasteiger partial charge is 0.496 e. The summed E-state index contributed by atoms with van der Waals surface area (Å²) in [6.07, 6.45) is 0. The number of nitrogens with two attached hydrogens (primary N) is 1. The Morgan fingerprint density at radius 3 is 2.21 bits per heavy atom. The molecule has 0 bridgehead atoms. The number of primary amides is 1. The molecule has 19 heavy (non-hydrogen) atoms. The normalized spacial score (nSPS) is 11.2. The fourth-order valence-corrected chi connectivity index (χ4v) is 2.05. The van der Waals surface area contributed by atoms with Gasteiger partial charge in [0.15, 0.2) is 0 Å². The van der Waals surface area contributed by atoms with Crippen molar-refractivity contribution < 1.29 is 9.53 Å². The molecule has 2 N–H and O–H groups in total. The minimum absolute atomic E-state index is 0. The van der Waals surface area contributed by atoms with Crippen molar-refractivity contribution >= 4 is 18.3 Å². The summed E-state index contributed by atoms with van der Waals surface area (Å²) in [6.45, 7) is 0. The Morgan fingerprint density at radius 2 is 1.63 bits per heavy atom. The molecule has 2 aromatic rings. The van der Waals surface area contributed by atoms with Crippen LogP contribution < -0.4 is 10.5 Å². The molecule has 0 aliphatic heterocycles. The molecule has 4 heteroatoms. The second-order valence-electron chi connectivity index (χ2n) is 3.99. The molecule has 100 valence electrons. The minimum atomic E-state index is -0.484. The smallest absolute Gasteiger partial charge is 0.229 e. The molecule has 2 rings (SSSR count). The van der Waals surface area contributed by atoms with E-state index in [0.717, 1.165) is 11.1 Å². The maximum Gasteiger partial charge on any atom is 0.229 e. The number of rotatable bonds is 4. The van der Waals surface area contributed by atoms with Crippen molar-refractivity contribution in [2.45, 2.75) is 5.92 Å². The molecule has 0 saturated carbocycles. The van der Waals surface area contributed by atoms with Gasteiger partial charge in [-0.05, 0) is 11.6 Å². The highest BCUT2D eigenvalue weighted by atomic mass is 35.5. The molecule has 0 radical (unpaired) electrons. The number of ether oxygens (including phenoxy) is 1. The molecule has 0 aliphatic rings. The number of halogens is 1. The molecule has 0 fully saturated rings. The van der Waals surface area contributed by atoms with Gasteiger partial charge in [0, 0.05) is 5.56 Å². The van der Waals surface area contributed by atoms with Gasteiger partial charge in [-0.15, -0.1) is 12.4 Å². The maximum absolute atomic E-state index is 11.7. The summed E-state index contributed by atoms with van der Waals surface area (Å²) in [5.74, 6) is -0.196. The summed E-state index contributed by atoms with van der Waals surface area (Å²) in [4.78, 5) is 11.7. The summed E-state index contributed by atoms with van der Waals surface area (Å²) in [7, 11) is 1.59. The average Bonchev–Trinajstić information content (AvgIpc) is 2.40. The van der Waals surface area contributed by atoms with Gasteiger partial charge in [-0.25, -0.2) is 0 Å². The molecule has 0 aromatic heterocycles. The number of carbonyl (C=O) groups is 1. The molecule has 0 heterocycles. The van der Waals surface area contributed by atoms with Crippen LogP contribution in [0.2, 0.25) is 0 Å². The van der Waals surface area contributed by atoms with Crippen LogP contribution in [0.5, 0.6) is 5.75 Å². The van der Waals surface area contributed by atoms with Crippen LogP contribution in [0.15, 0.2) is 54.6 Å². The topological polar surface area (TPSA) is 52.3 Å². The van der Waals surface area contributed by atoms with Gasteiger partial charge in [0.25, 0.3) is 0 Å². The van der Waals surface area contributed by atoms with Crippen molar-refractivity contribution in [3.8, 4) is 5.75 Å². The van der Waals surface area contributed by atoms with Crippen LogP contribution >= 0.6 is 12.4 Å². The molecule has 0 aliphatic carbocycles. The number of para-hydroxylation sites is 1. The number of amides is 1. The number of hydrogen-bond donors (Lipinski definition) is 1. The van der Waals surface area contributed by atoms with Crippen molar-refractivity contribution in [1.82, 2.24) is 0 Å². The molecular formula is C15H16ClNO2. The lowest BCUT2D eigenvalue weighted by molar-refractivity contribution is -0.118. The highest BCUT2D eigenvalue weighted by Gasteiger charge is 2.22. The Morgan fingerprint density at radius 1 is 1.05 bits per heavy atom. The number of carbonyl (C=O) groups excluding carboxylic acids is 1. The van der Waals surface area contributed by atoms with Gasteiger partial charge in [-0.3, -0.25) is 4.79 Å². The van der Waals surface area contributed by atoms with E-state index in [9.17, 15) is 4.79 Å². The first-order chi connectivity index (χ1) is 8.74. The van der Waals surface area contributed by atoms with Crippen molar-refractivity contribution in [3.05, 3.63) is 65.7 Å². The van der Waals surface area contributed by atoms with Crippen molar-refractivity contribution in [1.29, 1.82) is 0 Å². The van der Waals surface area contributed by atoms with Crippen LogP contribution in [0.3, 0.4) is 0 Å². The van der Waals surface area contributed by atoms with Gasteiger partial charge in [0.05, 0.1) is 13.0 Å². The first-order valence-electron chi connectivity index (χ1n) is 5.71. The van der Waals surface area contributed by atoms with Crippen LogP contribution in [0.1, 0.15) is 17.0 Å². The van der Waals surface area contributed by atoms with Crippen LogP contribution in [0.4, 0.5) is 0 Å². The van der Waals surface area contributed by atoms with E-state index in [2.05, 4.69) is 0 Å². The van der Waals surface area contributed by atoms with Gasteiger partial charge < -0.3 is 10.5 Å². The van der Waals surface area contributed by atoms with E-state index in [0.29, 0.717) is 5.75 Å². The summed E-state index contributed by atoms with van der Waals surface area (Å²) in [5, 5.41) is 0. The molecule has 0 saturated heterocycles. The lowest BCUT2D eigenvalue weighted by Crippen LogP contribution is -2.22. The van der Waals surface area contributed by atoms with E-state index in [1.165, 1.54) is 0 Å². The third kappa shape index (κ3) is 3.26. The number of benzene rings is 2. The zero-order valence-corrected chi connectivity index (χ0v) is 11.4. The van der Waals surface area contributed by atoms with Gasteiger partial charge in [0.1, 0.15) is 5.75 Å². The first-order valence-corrected chi connectivity index (χ1v) is 5.71. The third-order valence-corrected chi connectivity index (χ3v) is 2.87. The van der Waals surface area contributed by atoms with Crippen molar-refractivity contribution in [2.24, 2.45) is 5.73 Å². The minimum Gasteiger partial charge on any atom is -0.496 e. The van der Waals surface area contributed by atoms with Crippen molar-refractivity contribution in [2.75, 3.05) is 7.11 Å². The van der Waals surface area contributed by atoms with Gasteiger partial charge in [-0.2, -0.15) is 0 Å². The number of hydrogen-bond acceptors (Lipinski definition) is 2. The van der Waals surface area contributed by atoms with Gasteiger partial charge >= 0.3 is 0 Å². The van der Waals surface area contributed by atoms with E-state index in [-0.39, 0.29) is 18.3 Å². The summed E-state index contributed by atoms with van der Waals surface area (Å²) in [6, 6.07) is 16.9. The van der Waals surface area contributed by atoms with E-state index >= 15 is 0 Å². The van der Waals surface area contributed by atoms with Crippen molar-refractivity contribution in [3.63, 3.8) is 0 Å². The Labute approximate surface area is 118 Å². The molecule has 0 spiro atoms. The lowest BCUT2D eigenvalue weighted by atomic mass is 9.90. The highest BCUT2D eigenvalue weighted by Crippen LogP contribution is 2.31. The Bertz CT molecular complexity index is 543. The monoisotopic (exact) mass is 277 g/mol. The van der Waals surface area contributed by atoms with E-state index < -0.39 is 5.92 Å². The second kappa shape index (κ2) is 6.81. The molecule has 2 aromatic carbocycles. The summed E-state index contributed by atoms with van der Waals surface area (Å²) >= 11 is 0. The fraction of sp³-hybridized carbons (Fsp3) is 0.133. The highest BCUT2D eigenvalue weighted by molar-refractivity contribution is 5.86.